The van der Waals surface area contributed by atoms with Crippen LogP contribution in [0.2, 0.25) is 0 Å². The molecule has 1 saturated heterocycles. The number of carbonyl (C=O) groups excluding carboxylic acids is 1. The number of amides is 1. The van der Waals surface area contributed by atoms with Crippen LogP contribution in [0.3, 0.4) is 0 Å². The fourth-order valence-electron chi connectivity index (χ4n) is 3.80. The Labute approximate surface area is 171 Å². The molecule has 0 radical (unpaired) electrons. The third-order valence-corrected chi connectivity index (χ3v) is 6.43. The van der Waals surface area contributed by atoms with Gasteiger partial charge in [0.25, 0.3) is 5.91 Å². The maximum Gasteiger partial charge on any atom is 0.251 e. The van der Waals surface area contributed by atoms with E-state index in [1.165, 1.54) is 12.1 Å². The Morgan fingerprint density at radius 2 is 2.10 bits per heavy atom. The fourth-order valence-corrected chi connectivity index (χ4v) is 4.86. The number of aromatic nitrogens is 1. The first-order chi connectivity index (χ1) is 14.2. The van der Waals surface area contributed by atoms with Crippen molar-refractivity contribution < 1.29 is 13.9 Å². The summed E-state index contributed by atoms with van der Waals surface area (Å²) in [5.74, 6) is 0.0120. The quantitative estimate of drug-likeness (QED) is 0.692. The zero-order valence-electron chi connectivity index (χ0n) is 15.8. The Morgan fingerprint density at radius 3 is 2.97 bits per heavy atom. The Hall–Kier alpha value is -2.71. The predicted octanol–water partition coefficient (Wildman–Crippen LogP) is 3.10. The summed E-state index contributed by atoms with van der Waals surface area (Å²) in [6, 6.07) is 9.87. The summed E-state index contributed by atoms with van der Waals surface area (Å²) in [6.45, 7) is 4.25. The van der Waals surface area contributed by atoms with Crippen molar-refractivity contribution in [3.05, 3.63) is 53.3 Å². The molecule has 3 heterocycles. The van der Waals surface area contributed by atoms with Gasteiger partial charge in [0.15, 0.2) is 5.13 Å². The molecule has 8 heteroatoms. The second-order valence-corrected chi connectivity index (χ2v) is 8.27. The summed E-state index contributed by atoms with van der Waals surface area (Å²) in [5, 5.41) is 7.41. The van der Waals surface area contributed by atoms with Gasteiger partial charge < -0.3 is 20.3 Å². The summed E-state index contributed by atoms with van der Waals surface area (Å²) in [5.41, 5.74) is 2.32. The molecule has 0 saturated carbocycles. The number of benzene rings is 2. The lowest BCUT2D eigenvalue weighted by atomic mass is 10.00. The third kappa shape index (κ3) is 3.65. The molecule has 2 aliphatic rings. The van der Waals surface area contributed by atoms with E-state index in [0.29, 0.717) is 24.3 Å². The number of piperazine rings is 1. The van der Waals surface area contributed by atoms with Crippen LogP contribution in [-0.2, 0) is 0 Å². The average molecular weight is 412 g/mol. The van der Waals surface area contributed by atoms with Crippen LogP contribution in [-0.4, -0.2) is 43.7 Å². The van der Waals surface area contributed by atoms with Gasteiger partial charge in [0.05, 0.1) is 22.9 Å². The molecule has 0 spiro atoms. The molecule has 1 unspecified atom stereocenters. The van der Waals surface area contributed by atoms with Gasteiger partial charge in [-0.2, -0.15) is 0 Å². The lowest BCUT2D eigenvalue weighted by Gasteiger charge is -2.26. The highest BCUT2D eigenvalue weighted by atomic mass is 32.1. The zero-order chi connectivity index (χ0) is 19.8. The number of hydrogen-bond acceptors (Lipinski definition) is 6. The second-order valence-electron chi connectivity index (χ2n) is 7.26. The van der Waals surface area contributed by atoms with Crippen LogP contribution in [0.25, 0.3) is 10.2 Å². The van der Waals surface area contributed by atoms with E-state index in [-0.39, 0.29) is 17.8 Å². The molecule has 1 aromatic heterocycles. The maximum absolute atomic E-state index is 13.5. The van der Waals surface area contributed by atoms with Gasteiger partial charge in [0, 0.05) is 49.8 Å². The van der Waals surface area contributed by atoms with Crippen molar-refractivity contribution in [3.8, 4) is 5.75 Å². The highest BCUT2D eigenvalue weighted by Crippen LogP contribution is 2.33. The van der Waals surface area contributed by atoms with Gasteiger partial charge in [-0.05, 0) is 24.3 Å². The smallest absolute Gasteiger partial charge is 0.251 e. The zero-order valence-corrected chi connectivity index (χ0v) is 16.6. The van der Waals surface area contributed by atoms with E-state index in [2.05, 4.69) is 15.5 Å². The summed E-state index contributed by atoms with van der Waals surface area (Å²) >= 11 is 1.62. The molecule has 150 valence electrons. The number of ether oxygens (including phenoxy) is 1. The molecule has 0 aliphatic carbocycles. The SMILES string of the molecule is O=C(NC1CCOc2cc(F)ccc21)c1ccc2nc(N3CCNCC3)sc2c1. The van der Waals surface area contributed by atoms with E-state index in [0.717, 1.165) is 47.1 Å². The van der Waals surface area contributed by atoms with Crippen LogP contribution in [0.4, 0.5) is 9.52 Å². The summed E-state index contributed by atoms with van der Waals surface area (Å²) in [7, 11) is 0. The monoisotopic (exact) mass is 412 g/mol. The van der Waals surface area contributed by atoms with Crippen LogP contribution in [0.5, 0.6) is 5.75 Å². The molecule has 1 atom stereocenters. The number of fused-ring (bicyclic) bond motifs is 2. The third-order valence-electron chi connectivity index (χ3n) is 5.35. The first-order valence-corrected chi connectivity index (χ1v) is 10.6. The Balaban J connectivity index is 1.36. The summed E-state index contributed by atoms with van der Waals surface area (Å²) < 4.78 is 20.0. The Kier molecular flexibility index (Phi) is 4.81. The van der Waals surface area contributed by atoms with Crippen molar-refractivity contribution in [2.24, 2.45) is 0 Å². The minimum atomic E-state index is -0.341. The van der Waals surface area contributed by atoms with E-state index in [1.807, 2.05) is 18.2 Å². The van der Waals surface area contributed by atoms with Gasteiger partial charge in [0.2, 0.25) is 0 Å². The molecule has 29 heavy (non-hydrogen) atoms. The van der Waals surface area contributed by atoms with Crippen LogP contribution in [0.15, 0.2) is 36.4 Å². The number of anilines is 1. The van der Waals surface area contributed by atoms with Gasteiger partial charge in [-0.3, -0.25) is 4.79 Å². The number of nitrogens with zero attached hydrogens (tertiary/aromatic N) is 2. The van der Waals surface area contributed by atoms with Crippen molar-refractivity contribution in [2.75, 3.05) is 37.7 Å². The standard InChI is InChI=1S/C21H21FN4O2S/c22-14-2-3-15-16(5-10-28-18(15)12-14)24-20(27)13-1-4-17-19(11-13)29-21(25-17)26-8-6-23-7-9-26/h1-4,11-12,16,23H,5-10H2,(H,24,27). The maximum atomic E-state index is 13.5. The van der Waals surface area contributed by atoms with E-state index in [4.69, 9.17) is 9.72 Å². The van der Waals surface area contributed by atoms with Gasteiger partial charge in [-0.15, -0.1) is 0 Å². The molecular weight excluding hydrogens is 391 g/mol. The second kappa shape index (κ2) is 7.61. The number of hydrogen-bond donors (Lipinski definition) is 2. The first kappa shape index (κ1) is 18.3. The average Bonchev–Trinajstić information content (AvgIpc) is 3.18. The molecule has 0 bridgehead atoms. The van der Waals surface area contributed by atoms with Gasteiger partial charge in [-0.25, -0.2) is 9.37 Å². The number of carbonyl (C=O) groups is 1. The van der Waals surface area contributed by atoms with Gasteiger partial charge in [-0.1, -0.05) is 17.4 Å². The predicted molar refractivity (Wildman–Crippen MR) is 111 cm³/mol. The highest BCUT2D eigenvalue weighted by Gasteiger charge is 2.24. The fraction of sp³-hybridized carbons (Fsp3) is 0.333. The van der Waals surface area contributed by atoms with Crippen molar-refractivity contribution >= 4 is 32.6 Å². The van der Waals surface area contributed by atoms with E-state index >= 15 is 0 Å². The largest absolute Gasteiger partial charge is 0.493 e. The molecule has 3 aromatic rings. The minimum absolute atomic E-state index is 0.147. The highest BCUT2D eigenvalue weighted by molar-refractivity contribution is 7.22. The van der Waals surface area contributed by atoms with Crippen molar-refractivity contribution in [1.29, 1.82) is 0 Å². The molecule has 2 aromatic carbocycles. The van der Waals surface area contributed by atoms with E-state index in [1.54, 1.807) is 17.4 Å². The molecule has 6 nitrogen and oxygen atoms in total. The van der Waals surface area contributed by atoms with E-state index < -0.39 is 0 Å². The lowest BCUT2D eigenvalue weighted by molar-refractivity contribution is 0.0925. The van der Waals surface area contributed by atoms with Crippen molar-refractivity contribution in [1.82, 2.24) is 15.6 Å². The number of thiazole rings is 1. The van der Waals surface area contributed by atoms with E-state index in [9.17, 15) is 9.18 Å². The number of rotatable bonds is 3. The molecule has 1 amide bonds. The molecule has 1 fully saturated rings. The van der Waals surface area contributed by atoms with Crippen LogP contribution >= 0.6 is 11.3 Å². The Bertz CT molecular complexity index is 1060. The van der Waals surface area contributed by atoms with Crippen LogP contribution in [0.1, 0.15) is 28.4 Å². The number of halogens is 1. The molecular formula is C21H21FN4O2S. The number of nitrogens with one attached hydrogen (secondary N) is 2. The van der Waals surface area contributed by atoms with Crippen LogP contribution < -0.4 is 20.3 Å². The minimum Gasteiger partial charge on any atom is -0.493 e. The topological polar surface area (TPSA) is 66.5 Å². The lowest BCUT2D eigenvalue weighted by Crippen LogP contribution is -2.43. The first-order valence-electron chi connectivity index (χ1n) is 9.77. The van der Waals surface area contributed by atoms with Crippen LogP contribution in [0, 0.1) is 5.82 Å². The normalized spacial score (nSPS) is 18.9. The summed E-state index contributed by atoms with van der Waals surface area (Å²) in [6.07, 6.45) is 0.653. The van der Waals surface area contributed by atoms with Gasteiger partial charge >= 0.3 is 0 Å². The van der Waals surface area contributed by atoms with Gasteiger partial charge in [0.1, 0.15) is 11.6 Å². The molecule has 2 aliphatic heterocycles. The Morgan fingerprint density at radius 1 is 1.24 bits per heavy atom. The van der Waals surface area contributed by atoms with Crippen molar-refractivity contribution in [3.63, 3.8) is 0 Å². The van der Waals surface area contributed by atoms with Crippen molar-refractivity contribution in [2.45, 2.75) is 12.5 Å². The molecule has 2 N–H and O–H groups in total. The summed E-state index contributed by atoms with van der Waals surface area (Å²) in [4.78, 5) is 19.9. The molecule has 5 rings (SSSR count).